The zero-order valence-electron chi connectivity index (χ0n) is 11.1. The Morgan fingerprint density at radius 1 is 1.50 bits per heavy atom. The van der Waals surface area contributed by atoms with Crippen LogP contribution < -0.4 is 5.73 Å². The highest BCUT2D eigenvalue weighted by molar-refractivity contribution is 9.10. The van der Waals surface area contributed by atoms with Crippen molar-refractivity contribution < 1.29 is 9.72 Å². The lowest BCUT2D eigenvalue weighted by Gasteiger charge is -2.36. The zero-order valence-corrected chi connectivity index (χ0v) is 12.7. The number of non-ortho nitro benzene ring substituents is 1. The van der Waals surface area contributed by atoms with E-state index in [9.17, 15) is 14.9 Å². The van der Waals surface area contributed by atoms with Crippen molar-refractivity contribution in [2.24, 2.45) is 5.73 Å². The Labute approximate surface area is 125 Å². The van der Waals surface area contributed by atoms with Crippen molar-refractivity contribution in [2.75, 3.05) is 6.54 Å². The molecule has 2 atom stereocenters. The number of likely N-dealkylation sites (tertiary alicyclic amines) is 1. The maximum absolute atomic E-state index is 12.5. The van der Waals surface area contributed by atoms with E-state index < -0.39 is 4.92 Å². The number of nitrogens with zero attached hydrogens (tertiary/aromatic N) is 2. The van der Waals surface area contributed by atoms with Crippen LogP contribution in [0.4, 0.5) is 5.69 Å². The fourth-order valence-corrected chi connectivity index (χ4v) is 2.96. The summed E-state index contributed by atoms with van der Waals surface area (Å²) in [5.74, 6) is -0.186. The SMILES string of the molecule is CC1CC(N)CCN1C(=O)c1cc(Br)cc([N+](=O)[O-])c1. The van der Waals surface area contributed by atoms with Crippen molar-refractivity contribution >= 4 is 27.5 Å². The van der Waals surface area contributed by atoms with E-state index in [4.69, 9.17) is 5.73 Å². The summed E-state index contributed by atoms with van der Waals surface area (Å²) in [6.07, 6.45) is 1.51. The molecule has 1 aromatic carbocycles. The molecule has 1 fully saturated rings. The number of piperidine rings is 1. The van der Waals surface area contributed by atoms with E-state index >= 15 is 0 Å². The monoisotopic (exact) mass is 341 g/mol. The van der Waals surface area contributed by atoms with Crippen LogP contribution in [0.2, 0.25) is 0 Å². The molecule has 1 heterocycles. The number of carbonyl (C=O) groups excluding carboxylic acids is 1. The molecular weight excluding hydrogens is 326 g/mol. The quantitative estimate of drug-likeness (QED) is 0.660. The molecular formula is C13H16BrN3O3. The van der Waals surface area contributed by atoms with Gasteiger partial charge in [0.1, 0.15) is 0 Å². The minimum absolute atomic E-state index is 0.0456. The number of carbonyl (C=O) groups is 1. The van der Waals surface area contributed by atoms with E-state index in [2.05, 4.69) is 15.9 Å². The van der Waals surface area contributed by atoms with Gasteiger partial charge in [-0.25, -0.2) is 0 Å². The average molecular weight is 342 g/mol. The van der Waals surface area contributed by atoms with Crippen molar-refractivity contribution in [2.45, 2.75) is 31.8 Å². The van der Waals surface area contributed by atoms with Crippen LogP contribution in [-0.2, 0) is 0 Å². The fourth-order valence-electron chi connectivity index (χ4n) is 2.48. The van der Waals surface area contributed by atoms with Crippen LogP contribution in [0.1, 0.15) is 30.1 Å². The van der Waals surface area contributed by atoms with E-state index in [1.807, 2.05) is 6.92 Å². The molecule has 2 rings (SSSR count). The van der Waals surface area contributed by atoms with Gasteiger partial charge in [0.15, 0.2) is 0 Å². The Morgan fingerprint density at radius 2 is 2.20 bits per heavy atom. The molecule has 0 saturated carbocycles. The molecule has 108 valence electrons. The molecule has 0 spiro atoms. The third-order valence-electron chi connectivity index (χ3n) is 3.52. The lowest BCUT2D eigenvalue weighted by atomic mass is 9.98. The van der Waals surface area contributed by atoms with Gasteiger partial charge in [-0.05, 0) is 25.8 Å². The van der Waals surface area contributed by atoms with E-state index in [0.29, 0.717) is 16.6 Å². The average Bonchev–Trinajstić information content (AvgIpc) is 2.37. The number of hydrogen-bond acceptors (Lipinski definition) is 4. The molecule has 0 aromatic heterocycles. The summed E-state index contributed by atoms with van der Waals surface area (Å²) >= 11 is 3.20. The number of nitro groups is 1. The summed E-state index contributed by atoms with van der Waals surface area (Å²) in [5, 5.41) is 10.9. The molecule has 1 aliphatic rings. The van der Waals surface area contributed by atoms with Gasteiger partial charge in [-0.2, -0.15) is 0 Å². The van der Waals surface area contributed by atoms with E-state index in [1.54, 1.807) is 11.0 Å². The minimum atomic E-state index is -0.503. The molecule has 6 nitrogen and oxygen atoms in total. The Kier molecular flexibility index (Phi) is 4.39. The first-order valence-electron chi connectivity index (χ1n) is 6.40. The Hall–Kier alpha value is -1.47. The lowest BCUT2D eigenvalue weighted by molar-refractivity contribution is -0.385. The van der Waals surface area contributed by atoms with E-state index in [1.165, 1.54) is 12.1 Å². The Balaban J connectivity index is 2.27. The molecule has 2 unspecified atom stereocenters. The van der Waals surface area contributed by atoms with Crippen LogP contribution in [0, 0.1) is 10.1 Å². The largest absolute Gasteiger partial charge is 0.336 e. The molecule has 2 N–H and O–H groups in total. The van der Waals surface area contributed by atoms with E-state index in [-0.39, 0.29) is 23.7 Å². The summed E-state index contributed by atoms with van der Waals surface area (Å²) in [6, 6.07) is 4.47. The highest BCUT2D eigenvalue weighted by atomic mass is 79.9. The normalized spacial score (nSPS) is 22.6. The summed E-state index contributed by atoms with van der Waals surface area (Å²) in [7, 11) is 0. The number of benzene rings is 1. The molecule has 1 aliphatic heterocycles. The van der Waals surface area contributed by atoms with Gasteiger partial charge in [-0.1, -0.05) is 15.9 Å². The number of amides is 1. The topological polar surface area (TPSA) is 89.5 Å². The van der Waals surface area contributed by atoms with Crippen LogP contribution in [-0.4, -0.2) is 34.4 Å². The van der Waals surface area contributed by atoms with Crippen LogP contribution in [0.5, 0.6) is 0 Å². The summed E-state index contributed by atoms with van der Waals surface area (Å²) < 4.78 is 0.524. The van der Waals surface area contributed by atoms with Gasteiger partial charge >= 0.3 is 0 Å². The number of hydrogen-bond donors (Lipinski definition) is 1. The van der Waals surface area contributed by atoms with Crippen LogP contribution in [0.3, 0.4) is 0 Å². The van der Waals surface area contributed by atoms with Gasteiger partial charge in [-0.3, -0.25) is 14.9 Å². The first-order chi connectivity index (χ1) is 9.38. The third-order valence-corrected chi connectivity index (χ3v) is 3.98. The van der Waals surface area contributed by atoms with Crippen molar-refractivity contribution in [3.63, 3.8) is 0 Å². The summed E-state index contributed by atoms with van der Waals surface area (Å²) in [4.78, 5) is 24.6. The second kappa shape index (κ2) is 5.88. The van der Waals surface area contributed by atoms with Crippen molar-refractivity contribution in [3.05, 3.63) is 38.3 Å². The number of nitrogens with two attached hydrogens (primary N) is 1. The summed E-state index contributed by atoms with van der Waals surface area (Å²) in [5.41, 5.74) is 6.11. The second-order valence-corrected chi connectivity index (χ2v) is 6.00. The Bertz CT molecular complexity index is 550. The summed E-state index contributed by atoms with van der Waals surface area (Å²) in [6.45, 7) is 2.53. The minimum Gasteiger partial charge on any atom is -0.336 e. The molecule has 0 aliphatic carbocycles. The highest BCUT2D eigenvalue weighted by Crippen LogP contribution is 2.24. The number of halogens is 1. The molecule has 1 aromatic rings. The molecule has 1 saturated heterocycles. The van der Waals surface area contributed by atoms with Gasteiger partial charge in [0.05, 0.1) is 4.92 Å². The van der Waals surface area contributed by atoms with Gasteiger partial charge < -0.3 is 10.6 Å². The van der Waals surface area contributed by atoms with Crippen molar-refractivity contribution in [3.8, 4) is 0 Å². The lowest BCUT2D eigenvalue weighted by Crippen LogP contribution is -2.48. The van der Waals surface area contributed by atoms with Gasteiger partial charge in [0.25, 0.3) is 11.6 Å². The van der Waals surface area contributed by atoms with E-state index in [0.717, 1.165) is 12.8 Å². The first kappa shape index (κ1) is 14.9. The number of rotatable bonds is 2. The molecule has 7 heteroatoms. The standard InChI is InChI=1S/C13H16BrN3O3/c1-8-4-11(15)2-3-16(8)13(18)9-5-10(14)7-12(6-9)17(19)20/h5-8,11H,2-4,15H2,1H3. The zero-order chi connectivity index (χ0) is 14.9. The van der Waals surface area contributed by atoms with Gasteiger partial charge in [-0.15, -0.1) is 0 Å². The molecule has 0 bridgehead atoms. The van der Waals surface area contributed by atoms with Crippen LogP contribution in [0.15, 0.2) is 22.7 Å². The maximum Gasteiger partial charge on any atom is 0.271 e. The third kappa shape index (κ3) is 3.16. The van der Waals surface area contributed by atoms with Crippen molar-refractivity contribution in [1.82, 2.24) is 4.90 Å². The highest BCUT2D eigenvalue weighted by Gasteiger charge is 2.28. The van der Waals surface area contributed by atoms with Crippen LogP contribution >= 0.6 is 15.9 Å². The predicted octanol–water partition coefficient (Wildman–Crippen LogP) is 2.31. The van der Waals surface area contributed by atoms with Gasteiger partial charge in [0.2, 0.25) is 0 Å². The number of nitro benzene ring substituents is 1. The molecule has 0 radical (unpaired) electrons. The molecule has 1 amide bonds. The molecule has 20 heavy (non-hydrogen) atoms. The van der Waals surface area contributed by atoms with Crippen molar-refractivity contribution in [1.29, 1.82) is 0 Å². The predicted molar refractivity (Wildman–Crippen MR) is 78.5 cm³/mol. The van der Waals surface area contributed by atoms with Gasteiger partial charge in [0, 0.05) is 40.8 Å². The maximum atomic E-state index is 12.5. The smallest absolute Gasteiger partial charge is 0.271 e. The van der Waals surface area contributed by atoms with Crippen LogP contribution in [0.25, 0.3) is 0 Å². The Morgan fingerprint density at radius 3 is 2.80 bits per heavy atom. The first-order valence-corrected chi connectivity index (χ1v) is 7.19. The fraction of sp³-hybridized carbons (Fsp3) is 0.462. The second-order valence-electron chi connectivity index (χ2n) is 5.09.